The predicted octanol–water partition coefficient (Wildman–Crippen LogP) is 3.67. The van der Waals surface area contributed by atoms with Crippen molar-refractivity contribution in [3.8, 4) is 0 Å². The molecule has 2 heterocycles. The van der Waals surface area contributed by atoms with Gasteiger partial charge in [-0.25, -0.2) is 9.59 Å². The van der Waals surface area contributed by atoms with Crippen LogP contribution >= 0.6 is 0 Å². The van der Waals surface area contributed by atoms with Gasteiger partial charge in [0.2, 0.25) is 0 Å². The third-order valence-corrected chi connectivity index (χ3v) is 6.68. The Morgan fingerprint density at radius 1 is 0.811 bits per heavy atom. The highest BCUT2D eigenvalue weighted by molar-refractivity contribution is 5.98. The molecule has 4 rings (SSSR count). The van der Waals surface area contributed by atoms with Crippen molar-refractivity contribution in [3.05, 3.63) is 94.3 Å². The van der Waals surface area contributed by atoms with Crippen LogP contribution in [0.5, 0.6) is 0 Å². The minimum absolute atomic E-state index is 0.238. The van der Waals surface area contributed by atoms with Gasteiger partial charge in [-0.2, -0.15) is 0 Å². The lowest BCUT2D eigenvalue weighted by Gasteiger charge is -2.35. The molecular weight excluding hydrogens is 474 g/mol. The zero-order valence-corrected chi connectivity index (χ0v) is 21.6. The number of hydrogen-bond acceptors (Lipinski definition) is 8. The molecule has 0 radical (unpaired) electrons. The maximum Gasteiger partial charge on any atom is 0.336 e. The fourth-order valence-corrected chi connectivity index (χ4v) is 4.92. The Kier molecular flexibility index (Phi) is 8.76. The maximum absolute atomic E-state index is 13.0. The smallest absolute Gasteiger partial charge is 0.336 e. The summed E-state index contributed by atoms with van der Waals surface area (Å²) in [5.41, 5.74) is 3.78. The second kappa shape index (κ2) is 12.2. The largest absolute Gasteiger partial charge is 0.466 e. The van der Waals surface area contributed by atoms with Gasteiger partial charge in [0.15, 0.2) is 0 Å². The van der Waals surface area contributed by atoms with Crippen molar-refractivity contribution >= 4 is 11.9 Å². The lowest BCUT2D eigenvalue weighted by molar-refractivity contribution is -0.139. The number of methoxy groups -OCH3 is 2. The van der Waals surface area contributed by atoms with E-state index in [1.54, 1.807) is 13.8 Å². The van der Waals surface area contributed by atoms with Gasteiger partial charge in [0, 0.05) is 11.4 Å². The molecule has 2 aliphatic heterocycles. The fraction of sp³-hybridized carbons (Fsp3) is 0.379. The Labute approximate surface area is 217 Å². The fourth-order valence-electron chi connectivity index (χ4n) is 4.92. The van der Waals surface area contributed by atoms with Crippen molar-refractivity contribution in [2.45, 2.75) is 45.4 Å². The first-order chi connectivity index (χ1) is 17.9. The van der Waals surface area contributed by atoms with Crippen LogP contribution in [0.1, 0.15) is 25.0 Å². The molecule has 0 aliphatic carbocycles. The van der Waals surface area contributed by atoms with Gasteiger partial charge in [0.1, 0.15) is 12.2 Å². The number of esters is 2. The van der Waals surface area contributed by atoms with E-state index in [9.17, 15) is 9.59 Å². The molecule has 0 bridgehead atoms. The number of carbonyl (C=O) groups is 2. The van der Waals surface area contributed by atoms with E-state index in [1.165, 1.54) is 14.2 Å². The second-order valence-electron chi connectivity index (χ2n) is 9.06. The molecule has 0 unspecified atom stereocenters. The Balaban J connectivity index is 1.69. The topological polar surface area (TPSA) is 92.3 Å². The molecule has 196 valence electrons. The van der Waals surface area contributed by atoms with Crippen molar-refractivity contribution in [1.82, 2.24) is 5.32 Å². The normalized spacial score (nSPS) is 22.1. The summed E-state index contributed by atoms with van der Waals surface area (Å²) in [6.45, 7) is 4.47. The van der Waals surface area contributed by atoms with Crippen molar-refractivity contribution < 1.29 is 33.3 Å². The average Bonchev–Trinajstić information content (AvgIpc) is 3.33. The molecule has 2 aromatic rings. The van der Waals surface area contributed by atoms with E-state index in [2.05, 4.69) is 5.32 Å². The molecular formula is C29H33NO7. The SMILES string of the molecule is COC(=O)C1=C(C)NC(C)=C(C(=O)OC)C1[C@H]1OC[C@@H](OCc2ccccc2)[C@@H]1OCc1ccccc1. The van der Waals surface area contributed by atoms with Crippen LogP contribution in [0.4, 0.5) is 0 Å². The number of dihydropyridines is 1. The first-order valence-electron chi connectivity index (χ1n) is 12.2. The molecule has 1 fully saturated rings. The summed E-state index contributed by atoms with van der Waals surface area (Å²) in [6, 6.07) is 19.6. The summed E-state index contributed by atoms with van der Waals surface area (Å²) in [5.74, 6) is -1.88. The van der Waals surface area contributed by atoms with E-state index in [-0.39, 0.29) is 6.61 Å². The molecule has 2 aromatic carbocycles. The molecule has 1 N–H and O–H groups in total. The number of allylic oxidation sites excluding steroid dienone is 2. The summed E-state index contributed by atoms with van der Waals surface area (Å²) in [5, 5.41) is 3.12. The van der Waals surface area contributed by atoms with E-state index in [1.807, 2.05) is 60.7 Å². The molecule has 1 saturated heterocycles. The highest BCUT2D eigenvalue weighted by Gasteiger charge is 2.50. The van der Waals surface area contributed by atoms with Gasteiger partial charge < -0.3 is 29.0 Å². The van der Waals surface area contributed by atoms with Crippen molar-refractivity contribution in [1.29, 1.82) is 0 Å². The summed E-state index contributed by atoms with van der Waals surface area (Å²) < 4.78 is 29.2. The molecule has 8 heteroatoms. The Morgan fingerprint density at radius 3 is 1.78 bits per heavy atom. The van der Waals surface area contributed by atoms with Crippen molar-refractivity contribution in [3.63, 3.8) is 0 Å². The first-order valence-corrected chi connectivity index (χ1v) is 12.2. The van der Waals surface area contributed by atoms with Crippen LogP contribution in [-0.4, -0.2) is 51.1 Å². The number of benzene rings is 2. The van der Waals surface area contributed by atoms with Gasteiger partial charge in [-0.3, -0.25) is 0 Å². The average molecular weight is 508 g/mol. The highest BCUT2D eigenvalue weighted by atomic mass is 16.6. The number of hydrogen-bond donors (Lipinski definition) is 1. The van der Waals surface area contributed by atoms with Gasteiger partial charge in [-0.1, -0.05) is 60.7 Å². The van der Waals surface area contributed by atoms with Crippen LogP contribution in [0.3, 0.4) is 0 Å². The molecule has 0 saturated carbocycles. The molecule has 2 aliphatic rings. The number of carbonyl (C=O) groups excluding carboxylic acids is 2. The van der Waals surface area contributed by atoms with Crippen LogP contribution < -0.4 is 5.32 Å². The quantitative estimate of drug-likeness (QED) is 0.514. The van der Waals surface area contributed by atoms with Gasteiger partial charge in [-0.15, -0.1) is 0 Å². The highest BCUT2D eigenvalue weighted by Crippen LogP contribution is 2.40. The van der Waals surface area contributed by atoms with Gasteiger partial charge in [0.05, 0.1) is 57.2 Å². The molecule has 0 amide bonds. The zero-order chi connectivity index (χ0) is 26.4. The summed E-state index contributed by atoms with van der Waals surface area (Å²) >= 11 is 0. The van der Waals surface area contributed by atoms with Crippen LogP contribution in [0.15, 0.2) is 83.2 Å². The Morgan fingerprint density at radius 2 is 1.30 bits per heavy atom. The molecule has 8 nitrogen and oxygen atoms in total. The summed E-state index contributed by atoms with van der Waals surface area (Å²) in [6.07, 6.45) is -1.70. The third kappa shape index (κ3) is 5.93. The van der Waals surface area contributed by atoms with Gasteiger partial charge >= 0.3 is 11.9 Å². The van der Waals surface area contributed by atoms with Crippen LogP contribution in [0.25, 0.3) is 0 Å². The van der Waals surface area contributed by atoms with Gasteiger partial charge in [-0.05, 0) is 25.0 Å². The molecule has 3 atom stereocenters. The van der Waals surface area contributed by atoms with Crippen molar-refractivity contribution in [2.75, 3.05) is 20.8 Å². The lowest BCUT2D eigenvalue weighted by atomic mass is 9.79. The van der Waals surface area contributed by atoms with Crippen LogP contribution in [0, 0.1) is 5.92 Å². The monoisotopic (exact) mass is 507 g/mol. The van der Waals surface area contributed by atoms with E-state index in [0.717, 1.165) is 11.1 Å². The molecule has 0 spiro atoms. The zero-order valence-electron chi connectivity index (χ0n) is 21.6. The van der Waals surface area contributed by atoms with Gasteiger partial charge in [0.25, 0.3) is 0 Å². The Bertz CT molecular complexity index is 1120. The van der Waals surface area contributed by atoms with Crippen molar-refractivity contribution in [2.24, 2.45) is 5.92 Å². The standard InChI is InChI=1S/C29H33NO7/c1-18-23(28(31)33-3)25(24(19(2)30-18)29(32)34-4)27-26(36-16-21-13-9-6-10-14-21)22(17-37-27)35-15-20-11-7-5-8-12-20/h5-14,22,25-27,30H,15-17H2,1-4H3/t22-,26+,27-/m1/s1. The van der Waals surface area contributed by atoms with E-state index < -0.39 is 36.2 Å². The molecule has 37 heavy (non-hydrogen) atoms. The summed E-state index contributed by atoms with van der Waals surface area (Å²) in [4.78, 5) is 25.9. The Hall–Kier alpha value is -3.46. The number of nitrogens with one attached hydrogen (secondary N) is 1. The van der Waals surface area contributed by atoms with E-state index in [4.69, 9.17) is 23.7 Å². The third-order valence-electron chi connectivity index (χ3n) is 6.68. The number of rotatable bonds is 9. The minimum Gasteiger partial charge on any atom is -0.466 e. The lowest BCUT2D eigenvalue weighted by Crippen LogP contribution is -2.45. The number of ether oxygens (including phenoxy) is 5. The molecule has 0 aromatic heterocycles. The second-order valence-corrected chi connectivity index (χ2v) is 9.06. The predicted molar refractivity (Wildman–Crippen MR) is 136 cm³/mol. The minimum atomic E-state index is -0.771. The summed E-state index contributed by atoms with van der Waals surface area (Å²) in [7, 11) is 2.63. The first kappa shape index (κ1) is 26.6. The van der Waals surface area contributed by atoms with Crippen LogP contribution in [-0.2, 0) is 46.5 Å². The van der Waals surface area contributed by atoms with E-state index >= 15 is 0 Å². The van der Waals surface area contributed by atoms with E-state index in [0.29, 0.717) is 35.8 Å². The van der Waals surface area contributed by atoms with Crippen LogP contribution in [0.2, 0.25) is 0 Å². The maximum atomic E-state index is 13.0.